The highest BCUT2D eigenvalue weighted by atomic mass is 32.1. The number of carbonyl (C=O) groups excluding carboxylic acids is 1. The molecule has 0 spiro atoms. The lowest BCUT2D eigenvalue weighted by atomic mass is 9.93. The van der Waals surface area contributed by atoms with E-state index in [4.69, 9.17) is 10.5 Å². The second-order valence-electron chi connectivity index (χ2n) is 3.58. The Bertz CT molecular complexity index is 336. The Morgan fingerprint density at radius 2 is 2.33 bits per heavy atom. The molecule has 1 rings (SSSR count). The van der Waals surface area contributed by atoms with E-state index < -0.39 is 0 Å². The van der Waals surface area contributed by atoms with Gasteiger partial charge in [0.25, 0.3) is 0 Å². The van der Waals surface area contributed by atoms with Crippen LogP contribution in [0, 0.1) is 5.92 Å². The number of carbonyl (C=O) groups is 1. The molecule has 15 heavy (non-hydrogen) atoms. The molecule has 0 saturated heterocycles. The van der Waals surface area contributed by atoms with Crippen LogP contribution in [0.15, 0.2) is 5.38 Å². The Morgan fingerprint density at radius 1 is 1.67 bits per heavy atom. The molecule has 5 heteroatoms. The molecule has 2 N–H and O–H groups in total. The Balaban J connectivity index is 2.88. The van der Waals surface area contributed by atoms with Crippen molar-refractivity contribution >= 4 is 22.4 Å². The van der Waals surface area contributed by atoms with Gasteiger partial charge in [-0.25, -0.2) is 4.98 Å². The van der Waals surface area contributed by atoms with Gasteiger partial charge in [0, 0.05) is 5.38 Å². The van der Waals surface area contributed by atoms with Crippen molar-refractivity contribution in [3.8, 4) is 0 Å². The smallest absolute Gasteiger partial charge is 0.315 e. The minimum atomic E-state index is -0.307. The number of hydrogen-bond donors (Lipinski definition) is 1. The van der Waals surface area contributed by atoms with Crippen molar-refractivity contribution < 1.29 is 9.53 Å². The molecule has 1 heterocycles. The molecule has 1 atom stereocenters. The first-order valence-corrected chi connectivity index (χ1v) is 5.81. The largest absolute Gasteiger partial charge is 0.465 e. The Morgan fingerprint density at radius 3 is 2.73 bits per heavy atom. The summed E-state index contributed by atoms with van der Waals surface area (Å²) in [5.74, 6) is -0.373. The van der Waals surface area contributed by atoms with Gasteiger partial charge in [-0.1, -0.05) is 13.8 Å². The SMILES string of the molecule is CCOC(=O)C(c1csc(N)n1)C(C)C. The number of anilines is 1. The van der Waals surface area contributed by atoms with Gasteiger partial charge in [-0.05, 0) is 12.8 Å². The molecule has 1 unspecified atom stereocenters. The lowest BCUT2D eigenvalue weighted by Gasteiger charge is -2.16. The predicted octanol–water partition coefficient (Wildman–Crippen LogP) is 2.03. The molecular weight excluding hydrogens is 212 g/mol. The van der Waals surface area contributed by atoms with Crippen molar-refractivity contribution in [1.29, 1.82) is 0 Å². The number of thiazole rings is 1. The predicted molar refractivity (Wildman–Crippen MR) is 60.7 cm³/mol. The van der Waals surface area contributed by atoms with Crippen molar-refractivity contribution in [2.24, 2.45) is 5.92 Å². The standard InChI is InChI=1S/C10H16N2O2S/c1-4-14-9(13)8(6(2)3)7-5-15-10(11)12-7/h5-6,8H,4H2,1-3H3,(H2,11,12). The van der Waals surface area contributed by atoms with E-state index in [0.717, 1.165) is 0 Å². The van der Waals surface area contributed by atoms with E-state index in [2.05, 4.69) is 4.98 Å². The average molecular weight is 228 g/mol. The minimum Gasteiger partial charge on any atom is -0.465 e. The quantitative estimate of drug-likeness (QED) is 0.801. The topological polar surface area (TPSA) is 65.2 Å². The number of nitrogens with two attached hydrogens (primary N) is 1. The number of esters is 1. The first-order chi connectivity index (χ1) is 7.06. The van der Waals surface area contributed by atoms with E-state index in [0.29, 0.717) is 17.4 Å². The van der Waals surface area contributed by atoms with Gasteiger partial charge in [-0.2, -0.15) is 0 Å². The lowest BCUT2D eigenvalue weighted by molar-refractivity contribution is -0.146. The van der Waals surface area contributed by atoms with Crippen LogP contribution in [0.25, 0.3) is 0 Å². The maximum atomic E-state index is 11.7. The number of ether oxygens (including phenoxy) is 1. The van der Waals surface area contributed by atoms with Crippen molar-refractivity contribution in [3.63, 3.8) is 0 Å². The van der Waals surface area contributed by atoms with Gasteiger partial charge >= 0.3 is 5.97 Å². The van der Waals surface area contributed by atoms with Gasteiger partial charge in [-0.3, -0.25) is 4.79 Å². The molecule has 0 aliphatic heterocycles. The summed E-state index contributed by atoms with van der Waals surface area (Å²) in [7, 11) is 0. The molecular formula is C10H16N2O2S. The van der Waals surface area contributed by atoms with Gasteiger partial charge in [0.15, 0.2) is 5.13 Å². The summed E-state index contributed by atoms with van der Waals surface area (Å²) in [4.78, 5) is 15.8. The molecule has 0 radical (unpaired) electrons. The summed E-state index contributed by atoms with van der Waals surface area (Å²) >= 11 is 1.34. The van der Waals surface area contributed by atoms with Crippen LogP contribution in [0.4, 0.5) is 5.13 Å². The molecule has 0 aliphatic rings. The van der Waals surface area contributed by atoms with Crippen molar-refractivity contribution in [1.82, 2.24) is 4.98 Å². The van der Waals surface area contributed by atoms with Crippen LogP contribution in [0.3, 0.4) is 0 Å². The van der Waals surface area contributed by atoms with E-state index in [9.17, 15) is 4.79 Å². The minimum absolute atomic E-state index is 0.158. The number of hydrogen-bond acceptors (Lipinski definition) is 5. The molecule has 0 bridgehead atoms. The molecule has 84 valence electrons. The van der Waals surface area contributed by atoms with Gasteiger partial charge in [0.2, 0.25) is 0 Å². The zero-order valence-corrected chi connectivity index (χ0v) is 10.0. The third-order valence-corrected chi connectivity index (χ3v) is 2.76. The zero-order chi connectivity index (χ0) is 11.4. The third-order valence-electron chi connectivity index (χ3n) is 2.07. The van der Waals surface area contributed by atoms with Crippen molar-refractivity contribution in [3.05, 3.63) is 11.1 Å². The highest BCUT2D eigenvalue weighted by Crippen LogP contribution is 2.27. The molecule has 0 aromatic carbocycles. The summed E-state index contributed by atoms with van der Waals surface area (Å²) in [6.45, 7) is 6.13. The third kappa shape index (κ3) is 2.92. The Labute approximate surface area is 93.5 Å². The first-order valence-electron chi connectivity index (χ1n) is 4.93. The van der Waals surface area contributed by atoms with Crippen LogP contribution in [0.2, 0.25) is 0 Å². The molecule has 0 aliphatic carbocycles. The average Bonchev–Trinajstić information content (AvgIpc) is 2.51. The highest BCUT2D eigenvalue weighted by Gasteiger charge is 2.27. The zero-order valence-electron chi connectivity index (χ0n) is 9.19. The fourth-order valence-corrected chi connectivity index (χ4v) is 2.01. The molecule has 4 nitrogen and oxygen atoms in total. The fourth-order valence-electron chi connectivity index (χ4n) is 1.41. The molecule has 0 saturated carbocycles. The van der Waals surface area contributed by atoms with E-state index in [-0.39, 0.29) is 17.8 Å². The van der Waals surface area contributed by atoms with Gasteiger partial charge in [-0.15, -0.1) is 11.3 Å². The van der Waals surface area contributed by atoms with E-state index in [1.807, 2.05) is 19.2 Å². The second-order valence-corrected chi connectivity index (χ2v) is 4.47. The number of nitrogens with zero attached hydrogens (tertiary/aromatic N) is 1. The van der Waals surface area contributed by atoms with Crippen LogP contribution < -0.4 is 5.73 Å². The molecule has 0 fully saturated rings. The van der Waals surface area contributed by atoms with Crippen LogP contribution in [-0.2, 0) is 9.53 Å². The van der Waals surface area contributed by atoms with E-state index in [1.165, 1.54) is 11.3 Å². The van der Waals surface area contributed by atoms with Gasteiger partial charge < -0.3 is 10.5 Å². The molecule has 0 amide bonds. The normalized spacial score (nSPS) is 12.8. The molecule has 1 aromatic heterocycles. The summed E-state index contributed by atoms with van der Waals surface area (Å²) < 4.78 is 5.01. The number of nitrogen functional groups attached to an aromatic ring is 1. The maximum Gasteiger partial charge on any atom is 0.315 e. The Hall–Kier alpha value is -1.10. The first kappa shape index (κ1) is 12.0. The Kier molecular flexibility index (Phi) is 4.08. The van der Waals surface area contributed by atoms with Crippen molar-refractivity contribution in [2.45, 2.75) is 26.7 Å². The number of rotatable bonds is 4. The summed E-state index contributed by atoms with van der Waals surface area (Å²) in [5.41, 5.74) is 6.26. The second kappa shape index (κ2) is 5.11. The van der Waals surface area contributed by atoms with Crippen LogP contribution in [0.5, 0.6) is 0 Å². The fraction of sp³-hybridized carbons (Fsp3) is 0.600. The maximum absolute atomic E-state index is 11.7. The van der Waals surface area contributed by atoms with E-state index >= 15 is 0 Å². The van der Waals surface area contributed by atoms with Gasteiger partial charge in [0.1, 0.15) is 5.92 Å². The van der Waals surface area contributed by atoms with Crippen molar-refractivity contribution in [2.75, 3.05) is 12.3 Å². The van der Waals surface area contributed by atoms with Crippen LogP contribution in [0.1, 0.15) is 32.4 Å². The van der Waals surface area contributed by atoms with Gasteiger partial charge in [0.05, 0.1) is 12.3 Å². The monoisotopic (exact) mass is 228 g/mol. The summed E-state index contributed by atoms with van der Waals surface area (Å²) in [6, 6.07) is 0. The number of aromatic nitrogens is 1. The highest BCUT2D eigenvalue weighted by molar-refractivity contribution is 7.13. The summed E-state index contributed by atoms with van der Waals surface area (Å²) in [5, 5.41) is 2.30. The lowest BCUT2D eigenvalue weighted by Crippen LogP contribution is -2.21. The van der Waals surface area contributed by atoms with E-state index in [1.54, 1.807) is 6.92 Å². The summed E-state index contributed by atoms with van der Waals surface area (Å²) in [6.07, 6.45) is 0. The van der Waals surface area contributed by atoms with Crippen LogP contribution >= 0.6 is 11.3 Å². The molecule has 1 aromatic rings. The van der Waals surface area contributed by atoms with Crippen LogP contribution in [-0.4, -0.2) is 17.6 Å².